The molecule has 1 saturated carbocycles. The Kier molecular flexibility index (Phi) is 2.32. The Bertz CT molecular complexity index is 402. The molecular formula is C12H17N3O. The first-order chi connectivity index (χ1) is 7.79. The van der Waals surface area contributed by atoms with Gasteiger partial charge < -0.3 is 10.1 Å². The molecule has 2 unspecified atom stereocenters. The number of rotatable bonds is 2. The number of anilines is 1. The number of fused-ring (bicyclic) bond motifs is 1. The van der Waals surface area contributed by atoms with E-state index in [4.69, 9.17) is 9.72 Å². The fourth-order valence-electron chi connectivity index (χ4n) is 2.31. The molecule has 2 aliphatic rings. The fourth-order valence-corrected chi connectivity index (χ4v) is 2.31. The van der Waals surface area contributed by atoms with E-state index in [-0.39, 0.29) is 0 Å². The Labute approximate surface area is 95.4 Å². The number of hydrogen-bond donors (Lipinski definition) is 1. The second-order valence-corrected chi connectivity index (χ2v) is 4.73. The van der Waals surface area contributed by atoms with E-state index in [9.17, 15) is 0 Å². The van der Waals surface area contributed by atoms with Gasteiger partial charge in [0.2, 0.25) is 0 Å². The average molecular weight is 219 g/mol. The molecule has 1 N–H and O–H groups in total. The number of nitrogens with zero attached hydrogens (tertiary/aromatic N) is 2. The largest absolute Gasteiger partial charge is 0.376 e. The minimum absolute atomic E-state index is 0.584. The molecule has 4 heteroatoms. The Morgan fingerprint density at radius 2 is 2.19 bits per heavy atom. The first-order valence-corrected chi connectivity index (χ1v) is 5.94. The zero-order valence-electron chi connectivity index (χ0n) is 9.79. The lowest BCUT2D eigenvalue weighted by Gasteiger charge is -2.19. The molecule has 0 radical (unpaired) electrons. The van der Waals surface area contributed by atoms with Gasteiger partial charge in [-0.15, -0.1) is 0 Å². The quantitative estimate of drug-likeness (QED) is 0.822. The highest BCUT2D eigenvalue weighted by Crippen LogP contribution is 2.46. The normalized spacial score (nSPS) is 27.4. The van der Waals surface area contributed by atoms with Gasteiger partial charge in [-0.25, -0.2) is 9.97 Å². The van der Waals surface area contributed by atoms with Crippen molar-refractivity contribution in [3.05, 3.63) is 17.1 Å². The van der Waals surface area contributed by atoms with Crippen LogP contribution in [0.4, 0.5) is 5.82 Å². The maximum atomic E-state index is 5.46. The predicted octanol–water partition coefficient (Wildman–Crippen LogP) is 1.71. The van der Waals surface area contributed by atoms with Crippen molar-refractivity contribution in [2.75, 3.05) is 19.0 Å². The summed E-state index contributed by atoms with van der Waals surface area (Å²) in [6, 6.07) is 0. The van der Waals surface area contributed by atoms with E-state index in [0.29, 0.717) is 12.5 Å². The molecule has 2 atom stereocenters. The van der Waals surface area contributed by atoms with Crippen molar-refractivity contribution in [2.45, 2.75) is 32.3 Å². The van der Waals surface area contributed by atoms with Gasteiger partial charge in [-0.1, -0.05) is 6.92 Å². The summed E-state index contributed by atoms with van der Waals surface area (Å²) in [4.78, 5) is 9.32. The van der Waals surface area contributed by atoms with E-state index in [1.165, 1.54) is 12.1 Å². The zero-order valence-corrected chi connectivity index (χ0v) is 9.79. The van der Waals surface area contributed by atoms with Gasteiger partial charge in [-0.05, 0) is 12.3 Å². The summed E-state index contributed by atoms with van der Waals surface area (Å²) in [5.74, 6) is 3.32. The van der Waals surface area contributed by atoms with E-state index in [2.05, 4.69) is 17.2 Å². The van der Waals surface area contributed by atoms with Crippen LogP contribution in [0.3, 0.4) is 0 Å². The summed E-state index contributed by atoms with van der Waals surface area (Å²) in [6.07, 6.45) is 2.15. The molecule has 4 nitrogen and oxygen atoms in total. The van der Waals surface area contributed by atoms with Crippen molar-refractivity contribution in [1.82, 2.24) is 9.97 Å². The summed E-state index contributed by atoms with van der Waals surface area (Å²) >= 11 is 0. The summed E-state index contributed by atoms with van der Waals surface area (Å²) in [5, 5.41) is 3.16. The lowest BCUT2D eigenvalue weighted by Crippen LogP contribution is -2.17. The molecule has 1 aromatic heterocycles. The topological polar surface area (TPSA) is 47.0 Å². The third-order valence-electron chi connectivity index (χ3n) is 3.52. The SMILES string of the molecule is CNc1nc(C2CC2C)nc2c1COCC2. The highest BCUT2D eigenvalue weighted by Gasteiger charge is 2.37. The minimum Gasteiger partial charge on any atom is -0.376 e. The molecule has 1 aliphatic heterocycles. The van der Waals surface area contributed by atoms with Crippen LogP contribution in [0.1, 0.15) is 36.3 Å². The van der Waals surface area contributed by atoms with Gasteiger partial charge in [-0.3, -0.25) is 0 Å². The van der Waals surface area contributed by atoms with E-state index in [1.54, 1.807) is 0 Å². The van der Waals surface area contributed by atoms with Crippen LogP contribution in [0.2, 0.25) is 0 Å². The molecule has 0 bridgehead atoms. The third kappa shape index (κ3) is 1.57. The first kappa shape index (κ1) is 10.0. The van der Waals surface area contributed by atoms with Crippen LogP contribution in [0.25, 0.3) is 0 Å². The fraction of sp³-hybridized carbons (Fsp3) is 0.667. The van der Waals surface area contributed by atoms with Crippen LogP contribution < -0.4 is 5.32 Å². The van der Waals surface area contributed by atoms with Gasteiger partial charge in [0.1, 0.15) is 11.6 Å². The summed E-state index contributed by atoms with van der Waals surface area (Å²) in [5.41, 5.74) is 2.32. The maximum Gasteiger partial charge on any atom is 0.135 e. The predicted molar refractivity (Wildman–Crippen MR) is 61.5 cm³/mol. The van der Waals surface area contributed by atoms with Gasteiger partial charge in [0, 0.05) is 24.9 Å². The number of aromatic nitrogens is 2. The average Bonchev–Trinajstić information content (AvgIpc) is 3.05. The lowest BCUT2D eigenvalue weighted by molar-refractivity contribution is 0.109. The van der Waals surface area contributed by atoms with Crippen molar-refractivity contribution in [3.63, 3.8) is 0 Å². The van der Waals surface area contributed by atoms with E-state index >= 15 is 0 Å². The van der Waals surface area contributed by atoms with Crippen LogP contribution in [0.15, 0.2) is 0 Å². The summed E-state index contributed by atoms with van der Waals surface area (Å²) < 4.78 is 5.46. The molecule has 16 heavy (non-hydrogen) atoms. The van der Waals surface area contributed by atoms with Gasteiger partial charge in [-0.2, -0.15) is 0 Å². The highest BCUT2D eigenvalue weighted by atomic mass is 16.5. The van der Waals surface area contributed by atoms with Crippen LogP contribution in [0, 0.1) is 5.92 Å². The third-order valence-corrected chi connectivity index (χ3v) is 3.52. The van der Waals surface area contributed by atoms with Crippen molar-refractivity contribution in [3.8, 4) is 0 Å². The molecule has 1 aliphatic carbocycles. The van der Waals surface area contributed by atoms with Gasteiger partial charge in [0.25, 0.3) is 0 Å². The Morgan fingerprint density at radius 3 is 2.88 bits per heavy atom. The van der Waals surface area contributed by atoms with E-state index in [0.717, 1.165) is 36.2 Å². The molecular weight excluding hydrogens is 202 g/mol. The molecule has 2 heterocycles. The standard InChI is InChI=1S/C12H17N3O/c1-7-5-8(7)12-14-10-3-4-16-6-9(10)11(13-2)15-12/h7-8H,3-6H2,1-2H3,(H,13,14,15). The zero-order chi connectivity index (χ0) is 11.1. The summed E-state index contributed by atoms with van der Waals surface area (Å²) in [6.45, 7) is 3.69. The lowest BCUT2D eigenvalue weighted by atomic mass is 10.1. The number of nitrogens with one attached hydrogen (secondary N) is 1. The van der Waals surface area contributed by atoms with Gasteiger partial charge in [0.05, 0.1) is 18.9 Å². The molecule has 1 fully saturated rings. The Balaban J connectivity index is 2.02. The molecule has 1 aromatic rings. The van der Waals surface area contributed by atoms with E-state index in [1.807, 2.05) is 7.05 Å². The van der Waals surface area contributed by atoms with Crippen molar-refractivity contribution >= 4 is 5.82 Å². The number of ether oxygens (including phenoxy) is 1. The first-order valence-electron chi connectivity index (χ1n) is 5.94. The monoisotopic (exact) mass is 219 g/mol. The van der Waals surface area contributed by atoms with E-state index < -0.39 is 0 Å². The molecule has 0 aromatic carbocycles. The van der Waals surface area contributed by atoms with Crippen LogP contribution in [0.5, 0.6) is 0 Å². The highest BCUT2D eigenvalue weighted by molar-refractivity contribution is 5.47. The second-order valence-electron chi connectivity index (χ2n) is 4.73. The van der Waals surface area contributed by atoms with Crippen molar-refractivity contribution in [2.24, 2.45) is 5.92 Å². The van der Waals surface area contributed by atoms with Gasteiger partial charge in [0.15, 0.2) is 0 Å². The van der Waals surface area contributed by atoms with Crippen molar-refractivity contribution < 1.29 is 4.74 Å². The maximum absolute atomic E-state index is 5.46. The number of hydrogen-bond acceptors (Lipinski definition) is 4. The minimum atomic E-state index is 0.584. The molecule has 3 rings (SSSR count). The smallest absolute Gasteiger partial charge is 0.135 e. The Morgan fingerprint density at radius 1 is 1.38 bits per heavy atom. The molecule has 0 saturated heterocycles. The van der Waals surface area contributed by atoms with Gasteiger partial charge >= 0.3 is 0 Å². The summed E-state index contributed by atoms with van der Waals surface area (Å²) in [7, 11) is 1.91. The van der Waals surface area contributed by atoms with Crippen LogP contribution in [-0.4, -0.2) is 23.6 Å². The van der Waals surface area contributed by atoms with Crippen LogP contribution >= 0.6 is 0 Å². The second kappa shape index (κ2) is 3.70. The molecule has 86 valence electrons. The Hall–Kier alpha value is -1.16. The molecule has 0 amide bonds. The van der Waals surface area contributed by atoms with Crippen LogP contribution in [-0.2, 0) is 17.8 Å². The molecule has 0 spiro atoms. The van der Waals surface area contributed by atoms with Crippen molar-refractivity contribution in [1.29, 1.82) is 0 Å².